The molecule has 0 bridgehead atoms. The van der Waals surface area contributed by atoms with E-state index >= 15 is 0 Å². The lowest BCUT2D eigenvalue weighted by molar-refractivity contribution is -0.139. The summed E-state index contributed by atoms with van der Waals surface area (Å²) in [6, 6.07) is 0.345. The molecule has 0 aliphatic rings. The van der Waals surface area contributed by atoms with Gasteiger partial charge in [0.25, 0.3) is 0 Å². The first kappa shape index (κ1) is 14.7. The van der Waals surface area contributed by atoms with Gasteiger partial charge in [-0.25, -0.2) is 9.59 Å². The number of rotatable bonds is 6. The van der Waals surface area contributed by atoms with Crippen molar-refractivity contribution >= 4 is 12.0 Å². The molecule has 0 aromatic carbocycles. The fourth-order valence-electron chi connectivity index (χ4n) is 1.45. The lowest BCUT2D eigenvalue weighted by Crippen LogP contribution is -2.45. The molecule has 6 nitrogen and oxygen atoms in total. The molecule has 0 spiro atoms. The third kappa shape index (κ3) is 4.79. The average molecular weight is 263 g/mol. The zero-order valence-corrected chi connectivity index (χ0v) is 10.7. The highest BCUT2D eigenvalue weighted by atomic mass is 16.4. The van der Waals surface area contributed by atoms with Gasteiger partial charge in [-0.15, -0.1) is 6.58 Å². The summed E-state index contributed by atoms with van der Waals surface area (Å²) in [6.07, 6.45) is 4.95. The first-order valence-corrected chi connectivity index (χ1v) is 5.82. The topological polar surface area (TPSA) is 91.3 Å². The van der Waals surface area contributed by atoms with Gasteiger partial charge in [-0.3, -0.25) is 4.98 Å². The zero-order chi connectivity index (χ0) is 14.3. The van der Waals surface area contributed by atoms with Crippen LogP contribution in [0.25, 0.3) is 0 Å². The Hall–Kier alpha value is -2.37. The van der Waals surface area contributed by atoms with Crippen LogP contribution in [0.3, 0.4) is 0 Å². The normalized spacial score (nSPS) is 11.4. The Balaban J connectivity index is 2.49. The van der Waals surface area contributed by atoms with E-state index in [2.05, 4.69) is 22.2 Å². The number of amides is 2. The van der Waals surface area contributed by atoms with E-state index in [-0.39, 0.29) is 6.42 Å². The van der Waals surface area contributed by atoms with Gasteiger partial charge in [0.05, 0.1) is 0 Å². The van der Waals surface area contributed by atoms with E-state index in [1.54, 1.807) is 12.4 Å². The van der Waals surface area contributed by atoms with Crippen molar-refractivity contribution in [3.63, 3.8) is 0 Å². The molecule has 0 aliphatic heterocycles. The van der Waals surface area contributed by atoms with E-state index in [4.69, 9.17) is 5.11 Å². The number of carboxylic acid groups (broad SMARTS) is 1. The molecule has 1 unspecified atom stereocenters. The summed E-state index contributed by atoms with van der Waals surface area (Å²) < 4.78 is 0. The van der Waals surface area contributed by atoms with E-state index < -0.39 is 18.0 Å². The number of aryl methyl sites for hydroxylation is 1. The largest absolute Gasteiger partial charge is 0.480 e. The Labute approximate surface area is 111 Å². The van der Waals surface area contributed by atoms with Crippen molar-refractivity contribution in [2.45, 2.75) is 25.9 Å². The van der Waals surface area contributed by atoms with Crippen molar-refractivity contribution in [3.05, 3.63) is 42.2 Å². The van der Waals surface area contributed by atoms with E-state index in [0.717, 1.165) is 11.1 Å². The second-order valence-electron chi connectivity index (χ2n) is 4.04. The minimum absolute atomic E-state index is 0.175. The summed E-state index contributed by atoms with van der Waals surface area (Å²) in [5.41, 5.74) is 1.89. The Morgan fingerprint density at radius 3 is 2.89 bits per heavy atom. The molecule has 1 aromatic heterocycles. The number of hydrogen-bond donors (Lipinski definition) is 3. The smallest absolute Gasteiger partial charge is 0.326 e. The van der Waals surface area contributed by atoms with Crippen LogP contribution in [0.5, 0.6) is 0 Å². The van der Waals surface area contributed by atoms with Gasteiger partial charge in [-0.2, -0.15) is 0 Å². The number of aromatic nitrogens is 1. The number of nitrogens with one attached hydrogen (secondary N) is 2. The standard InChI is InChI=1S/C13H17N3O3/c1-3-4-11(12(17)18)16-13(19)15-8-10-7-14-6-5-9(10)2/h3,5-7,11H,1,4,8H2,2H3,(H,17,18)(H2,15,16,19). The highest BCUT2D eigenvalue weighted by Crippen LogP contribution is 2.03. The van der Waals surface area contributed by atoms with E-state index in [1.807, 2.05) is 13.0 Å². The second-order valence-corrected chi connectivity index (χ2v) is 4.04. The van der Waals surface area contributed by atoms with Crippen LogP contribution in [0, 0.1) is 6.92 Å². The molecule has 1 atom stereocenters. The molecular formula is C13H17N3O3. The lowest BCUT2D eigenvalue weighted by atomic mass is 10.1. The SMILES string of the molecule is C=CCC(NC(=O)NCc1cnccc1C)C(=O)O. The van der Waals surface area contributed by atoms with E-state index in [0.29, 0.717) is 6.54 Å². The van der Waals surface area contributed by atoms with Crippen LogP contribution in [-0.2, 0) is 11.3 Å². The summed E-state index contributed by atoms with van der Waals surface area (Å²) in [4.78, 5) is 26.4. The van der Waals surface area contributed by atoms with Gasteiger partial charge >= 0.3 is 12.0 Å². The Morgan fingerprint density at radius 2 is 2.32 bits per heavy atom. The number of nitrogens with zero attached hydrogens (tertiary/aromatic N) is 1. The molecule has 6 heteroatoms. The summed E-state index contributed by atoms with van der Waals surface area (Å²) in [5.74, 6) is -1.09. The van der Waals surface area contributed by atoms with Crippen LogP contribution in [0.2, 0.25) is 0 Å². The molecule has 0 saturated heterocycles. The first-order chi connectivity index (χ1) is 9.04. The number of carbonyl (C=O) groups is 2. The van der Waals surface area contributed by atoms with Crippen LogP contribution in [0.15, 0.2) is 31.1 Å². The third-order valence-electron chi connectivity index (χ3n) is 2.59. The maximum atomic E-state index is 11.6. The highest BCUT2D eigenvalue weighted by molar-refractivity contribution is 5.82. The van der Waals surface area contributed by atoms with Crippen molar-refractivity contribution in [2.75, 3.05) is 0 Å². The third-order valence-corrected chi connectivity index (χ3v) is 2.59. The van der Waals surface area contributed by atoms with Gasteiger partial charge in [0.15, 0.2) is 0 Å². The van der Waals surface area contributed by atoms with Crippen molar-refractivity contribution in [3.8, 4) is 0 Å². The molecule has 0 fully saturated rings. The van der Waals surface area contributed by atoms with Crippen LogP contribution < -0.4 is 10.6 Å². The van der Waals surface area contributed by atoms with Crippen molar-refractivity contribution in [2.24, 2.45) is 0 Å². The fourth-order valence-corrected chi connectivity index (χ4v) is 1.45. The molecule has 0 aliphatic carbocycles. The zero-order valence-electron chi connectivity index (χ0n) is 10.7. The van der Waals surface area contributed by atoms with Crippen LogP contribution in [0.4, 0.5) is 4.79 Å². The van der Waals surface area contributed by atoms with Crippen molar-refractivity contribution in [1.82, 2.24) is 15.6 Å². The molecule has 0 saturated carbocycles. The number of carbonyl (C=O) groups excluding carboxylic acids is 1. The van der Waals surface area contributed by atoms with Gasteiger partial charge in [0.1, 0.15) is 6.04 Å². The lowest BCUT2D eigenvalue weighted by Gasteiger charge is -2.13. The quantitative estimate of drug-likeness (QED) is 0.673. The van der Waals surface area contributed by atoms with Crippen LogP contribution in [-0.4, -0.2) is 28.1 Å². The summed E-state index contributed by atoms with van der Waals surface area (Å²) in [6.45, 7) is 5.66. The number of carboxylic acids is 1. The summed E-state index contributed by atoms with van der Waals surface area (Å²) >= 11 is 0. The van der Waals surface area contributed by atoms with Gasteiger partial charge in [0.2, 0.25) is 0 Å². The predicted octanol–water partition coefficient (Wildman–Crippen LogP) is 1.22. The Bertz CT molecular complexity index is 474. The molecule has 102 valence electrons. The number of aliphatic carboxylic acids is 1. The minimum Gasteiger partial charge on any atom is -0.480 e. The van der Waals surface area contributed by atoms with Crippen molar-refractivity contribution < 1.29 is 14.7 Å². The predicted molar refractivity (Wildman–Crippen MR) is 70.6 cm³/mol. The number of hydrogen-bond acceptors (Lipinski definition) is 3. The molecule has 2 amide bonds. The fraction of sp³-hybridized carbons (Fsp3) is 0.308. The monoisotopic (exact) mass is 263 g/mol. The first-order valence-electron chi connectivity index (χ1n) is 5.82. The molecule has 1 rings (SSSR count). The molecule has 0 radical (unpaired) electrons. The Kier molecular flexibility index (Phi) is 5.53. The van der Waals surface area contributed by atoms with Crippen LogP contribution in [0.1, 0.15) is 17.5 Å². The van der Waals surface area contributed by atoms with Crippen LogP contribution >= 0.6 is 0 Å². The van der Waals surface area contributed by atoms with Gasteiger partial charge in [-0.1, -0.05) is 6.08 Å². The highest BCUT2D eigenvalue weighted by Gasteiger charge is 2.17. The average Bonchev–Trinajstić information content (AvgIpc) is 2.37. The molecule has 1 aromatic rings. The molecular weight excluding hydrogens is 246 g/mol. The van der Waals surface area contributed by atoms with E-state index in [1.165, 1.54) is 6.08 Å². The minimum atomic E-state index is -1.09. The number of urea groups is 1. The van der Waals surface area contributed by atoms with Gasteiger partial charge in [-0.05, 0) is 30.5 Å². The second kappa shape index (κ2) is 7.15. The molecule has 1 heterocycles. The maximum Gasteiger partial charge on any atom is 0.326 e. The summed E-state index contributed by atoms with van der Waals surface area (Å²) in [5, 5.41) is 13.8. The summed E-state index contributed by atoms with van der Waals surface area (Å²) in [7, 11) is 0. The van der Waals surface area contributed by atoms with E-state index in [9.17, 15) is 9.59 Å². The Morgan fingerprint density at radius 1 is 1.58 bits per heavy atom. The van der Waals surface area contributed by atoms with Crippen molar-refractivity contribution in [1.29, 1.82) is 0 Å². The van der Waals surface area contributed by atoms with Gasteiger partial charge < -0.3 is 15.7 Å². The number of pyridine rings is 1. The van der Waals surface area contributed by atoms with Gasteiger partial charge in [0, 0.05) is 18.9 Å². The maximum absolute atomic E-state index is 11.6. The molecule has 19 heavy (non-hydrogen) atoms. The molecule has 3 N–H and O–H groups in total.